The molecule has 0 rings (SSSR count). The Balaban J connectivity index is 3.84. The molecule has 0 fully saturated rings. The summed E-state index contributed by atoms with van der Waals surface area (Å²) in [5.74, 6) is 1.43. The third-order valence-corrected chi connectivity index (χ3v) is 8.79. The van der Waals surface area contributed by atoms with Crippen LogP contribution in [0.3, 0.4) is 0 Å². The topological polar surface area (TPSA) is 95.2 Å². The number of hydrogen-bond acceptors (Lipinski definition) is 9. The van der Waals surface area contributed by atoms with Crippen LogP contribution >= 0.6 is 23.5 Å². The smallest absolute Gasteiger partial charge is 0.409 e. The predicted molar refractivity (Wildman–Crippen MR) is 169 cm³/mol. The molecule has 0 bridgehead atoms. The van der Waals surface area contributed by atoms with E-state index < -0.39 is 6.09 Å². The molecule has 0 radical (unpaired) electrons. The van der Waals surface area contributed by atoms with Crippen LogP contribution in [0.4, 0.5) is 9.59 Å². The van der Waals surface area contributed by atoms with Crippen LogP contribution in [-0.2, 0) is 9.47 Å². The summed E-state index contributed by atoms with van der Waals surface area (Å²) in [6.45, 7) is 23.1. The normalized spacial score (nSPS) is 12.2. The third kappa shape index (κ3) is 21.3. The zero-order chi connectivity index (χ0) is 29.6. The molecule has 230 valence electrons. The predicted octanol–water partition coefficient (Wildman–Crippen LogP) is 4.64. The van der Waals surface area contributed by atoms with Gasteiger partial charge in [0.1, 0.15) is 13.2 Å². The molecular formula is C28H57N5O4S2. The van der Waals surface area contributed by atoms with E-state index >= 15 is 0 Å². The lowest BCUT2D eigenvalue weighted by Crippen LogP contribution is -2.42. The number of thioether (sulfide) groups is 2. The number of carbonyl (C=O) groups is 2. The van der Waals surface area contributed by atoms with Crippen LogP contribution in [0.15, 0.2) is 12.2 Å². The van der Waals surface area contributed by atoms with E-state index in [4.69, 9.17) is 9.47 Å². The molecule has 0 aromatic rings. The van der Waals surface area contributed by atoms with E-state index in [0.717, 1.165) is 57.9 Å². The highest BCUT2D eigenvalue weighted by molar-refractivity contribution is 8.18. The quantitative estimate of drug-likeness (QED) is 0.0946. The monoisotopic (exact) mass is 591 g/mol. The van der Waals surface area contributed by atoms with Crippen LogP contribution in [-0.4, -0.2) is 116 Å². The summed E-state index contributed by atoms with van der Waals surface area (Å²) in [6, 6.07) is 0. The molecule has 0 aliphatic carbocycles. The highest BCUT2D eigenvalue weighted by Crippen LogP contribution is 2.35. The average molecular weight is 592 g/mol. The Hall–Kier alpha value is -1.14. The molecule has 9 nitrogen and oxygen atoms in total. The first-order valence-corrected chi connectivity index (χ1v) is 16.3. The van der Waals surface area contributed by atoms with Gasteiger partial charge in [-0.05, 0) is 80.6 Å². The van der Waals surface area contributed by atoms with Crippen molar-refractivity contribution in [2.75, 3.05) is 84.1 Å². The van der Waals surface area contributed by atoms with Crippen LogP contribution in [0.5, 0.6) is 0 Å². The molecule has 11 heteroatoms. The molecular weight excluding hydrogens is 534 g/mol. The molecule has 39 heavy (non-hydrogen) atoms. The lowest BCUT2D eigenvalue weighted by atomic mass is 10.1. The first kappa shape index (κ1) is 37.9. The molecule has 0 unspecified atom stereocenters. The highest BCUT2D eigenvalue weighted by atomic mass is 32.2. The number of nitrogens with zero attached hydrogens (tertiary/aromatic N) is 2. The van der Waals surface area contributed by atoms with Crippen molar-refractivity contribution >= 4 is 35.7 Å². The van der Waals surface area contributed by atoms with E-state index in [1.54, 1.807) is 35.5 Å². The highest BCUT2D eigenvalue weighted by Gasteiger charge is 2.20. The zero-order valence-corrected chi connectivity index (χ0v) is 27.5. The Labute approximate surface area is 247 Å². The van der Waals surface area contributed by atoms with E-state index in [2.05, 4.69) is 74.5 Å². The van der Waals surface area contributed by atoms with Crippen LogP contribution in [0, 0.1) is 0 Å². The van der Waals surface area contributed by atoms with Gasteiger partial charge in [-0.25, -0.2) is 9.59 Å². The number of hydrogen-bond donors (Lipinski definition) is 3. The molecule has 0 atom stereocenters. The van der Waals surface area contributed by atoms with Gasteiger partial charge in [0.05, 0.1) is 4.08 Å². The van der Waals surface area contributed by atoms with Gasteiger partial charge >= 0.3 is 12.2 Å². The fourth-order valence-corrected chi connectivity index (χ4v) is 5.87. The van der Waals surface area contributed by atoms with Gasteiger partial charge in [-0.2, -0.15) is 0 Å². The minimum atomic E-state index is -0.411. The van der Waals surface area contributed by atoms with Crippen molar-refractivity contribution in [3.8, 4) is 0 Å². The van der Waals surface area contributed by atoms with Gasteiger partial charge in [-0.1, -0.05) is 19.1 Å². The van der Waals surface area contributed by atoms with Crippen LogP contribution in [0.1, 0.15) is 61.3 Å². The van der Waals surface area contributed by atoms with E-state index in [0.29, 0.717) is 32.1 Å². The lowest BCUT2D eigenvalue weighted by molar-refractivity contribution is 0.109. The molecule has 0 aliphatic rings. The van der Waals surface area contributed by atoms with Gasteiger partial charge < -0.3 is 30.3 Å². The molecule has 3 N–H and O–H groups in total. The molecule has 0 aromatic carbocycles. The van der Waals surface area contributed by atoms with Crippen LogP contribution in [0.2, 0.25) is 0 Å². The number of rotatable bonds is 22. The van der Waals surface area contributed by atoms with Gasteiger partial charge in [-0.15, -0.1) is 23.5 Å². The molecule has 0 heterocycles. The fraction of sp³-hybridized carbons (Fsp3) is 0.857. The second-order valence-electron chi connectivity index (χ2n) is 10.5. The van der Waals surface area contributed by atoms with E-state index in [1.807, 2.05) is 6.92 Å². The summed E-state index contributed by atoms with van der Waals surface area (Å²) in [7, 11) is 1.54. The Bertz CT molecular complexity index is 675. The maximum Gasteiger partial charge on any atom is 0.409 e. The SMILES string of the molecule is CCN(CCCNC/C=C/CNCCCN(CC)C(C)(C)C)C(=O)OCCSC(C)(C)SCCOC(=O)NC. The van der Waals surface area contributed by atoms with Crippen LogP contribution < -0.4 is 16.0 Å². The molecule has 0 aliphatic heterocycles. The fourth-order valence-electron chi connectivity index (χ4n) is 3.72. The van der Waals surface area contributed by atoms with Crippen molar-refractivity contribution in [1.82, 2.24) is 25.8 Å². The maximum absolute atomic E-state index is 12.4. The Morgan fingerprint density at radius 2 is 1.36 bits per heavy atom. The largest absolute Gasteiger partial charge is 0.449 e. The summed E-state index contributed by atoms with van der Waals surface area (Å²) < 4.78 is 10.4. The minimum Gasteiger partial charge on any atom is -0.449 e. The van der Waals surface area contributed by atoms with Gasteiger partial charge in [0.25, 0.3) is 0 Å². The van der Waals surface area contributed by atoms with Crippen molar-refractivity contribution in [2.45, 2.75) is 70.9 Å². The number of amides is 2. The summed E-state index contributed by atoms with van der Waals surface area (Å²) in [5, 5.41) is 9.32. The third-order valence-electron chi connectivity index (χ3n) is 5.95. The summed E-state index contributed by atoms with van der Waals surface area (Å²) in [6.07, 6.45) is 5.69. The summed E-state index contributed by atoms with van der Waals surface area (Å²) in [4.78, 5) is 27.8. The molecule has 0 aromatic heterocycles. The van der Waals surface area contributed by atoms with E-state index in [-0.39, 0.29) is 15.7 Å². The Morgan fingerprint density at radius 3 is 1.85 bits per heavy atom. The standard InChI is InChI=1S/C28H57N5O4S2/c1-9-32(26(35)37-22-24-39-28(6,7)38-23-21-36-25(34)29-8)19-13-17-30-15-11-12-16-31-18-14-20-33(10-2)27(3,4)5/h11-12,30-31H,9-10,13-24H2,1-8H3,(H,29,34)/b12-11+. The first-order valence-electron chi connectivity index (χ1n) is 14.3. The van der Waals surface area contributed by atoms with Gasteiger partial charge in [0, 0.05) is 50.3 Å². The molecule has 0 saturated carbocycles. The number of ether oxygens (including phenoxy) is 2. The Kier molecular flexibility index (Phi) is 21.9. The molecule has 0 saturated heterocycles. The summed E-state index contributed by atoms with van der Waals surface area (Å²) >= 11 is 3.45. The van der Waals surface area contributed by atoms with Crippen LogP contribution in [0.25, 0.3) is 0 Å². The summed E-state index contributed by atoms with van der Waals surface area (Å²) in [5.41, 5.74) is 0.235. The number of nitrogens with one attached hydrogen (secondary N) is 3. The number of carbonyl (C=O) groups excluding carboxylic acids is 2. The average Bonchev–Trinajstić information content (AvgIpc) is 2.88. The zero-order valence-electron chi connectivity index (χ0n) is 25.9. The van der Waals surface area contributed by atoms with Gasteiger partial charge in [-0.3, -0.25) is 4.90 Å². The number of alkyl carbamates (subject to hydrolysis) is 1. The first-order chi connectivity index (χ1) is 18.5. The molecule has 0 spiro atoms. The second-order valence-corrected chi connectivity index (χ2v) is 14.2. The minimum absolute atomic E-state index is 0.0538. The van der Waals surface area contributed by atoms with Crippen molar-refractivity contribution in [2.24, 2.45) is 0 Å². The van der Waals surface area contributed by atoms with Gasteiger partial charge in [0.2, 0.25) is 0 Å². The van der Waals surface area contributed by atoms with Crippen molar-refractivity contribution in [1.29, 1.82) is 0 Å². The Morgan fingerprint density at radius 1 is 0.821 bits per heavy atom. The van der Waals surface area contributed by atoms with Crippen molar-refractivity contribution < 1.29 is 19.1 Å². The van der Waals surface area contributed by atoms with E-state index in [9.17, 15) is 9.59 Å². The second kappa shape index (κ2) is 22.5. The molecule has 2 amide bonds. The lowest BCUT2D eigenvalue weighted by Gasteiger charge is -2.34. The van der Waals surface area contributed by atoms with E-state index in [1.165, 1.54) is 0 Å². The van der Waals surface area contributed by atoms with Crippen molar-refractivity contribution in [3.05, 3.63) is 12.2 Å². The van der Waals surface area contributed by atoms with Gasteiger partial charge in [0.15, 0.2) is 0 Å². The van der Waals surface area contributed by atoms with Crippen molar-refractivity contribution in [3.63, 3.8) is 0 Å². The maximum atomic E-state index is 12.4.